The van der Waals surface area contributed by atoms with Crippen LogP contribution >= 0.6 is 0 Å². The van der Waals surface area contributed by atoms with Gasteiger partial charge in [-0.05, 0) is 0 Å². The van der Waals surface area contributed by atoms with Crippen LogP contribution < -0.4 is 210 Å². The number of rotatable bonds is 0. The Morgan fingerprint density at radius 2 is 0.750 bits per heavy atom. The molecule has 0 fully saturated rings. The van der Waals surface area contributed by atoms with E-state index in [1.165, 1.54) is 0 Å². The molecule has 0 aliphatic carbocycles. The molecular weight excluding hydrogens is 419 g/mol. The van der Waals surface area contributed by atoms with E-state index in [1.807, 2.05) is 0 Å². The number of hydrogen-bond acceptors (Lipinski definition) is 3. The molecule has 0 aliphatic rings. The van der Waals surface area contributed by atoms with Crippen molar-refractivity contribution in [2.45, 2.75) is 0 Å². The van der Waals surface area contributed by atoms with E-state index in [0.717, 1.165) is 0 Å². The molecule has 0 radical (unpaired) electrons. The van der Waals surface area contributed by atoms with E-state index in [0.29, 0.717) is 0 Å². The second-order valence-corrected chi connectivity index (χ2v) is 1.27. The summed E-state index contributed by atoms with van der Waals surface area (Å²) >= 11 is -4.01. The summed E-state index contributed by atoms with van der Waals surface area (Å²) in [5.74, 6) is 0. The molecule has 0 saturated heterocycles. The average Bonchev–Trinajstić information content (AvgIpc) is 0.811. The van der Waals surface area contributed by atoms with Crippen LogP contribution in [0.15, 0.2) is 0 Å². The summed E-state index contributed by atoms with van der Waals surface area (Å²) in [5.41, 5.74) is 0. The van der Waals surface area contributed by atoms with Crippen molar-refractivity contribution in [3.8, 4) is 0 Å². The SMILES string of the molecule is [I-].[K+].[K+].[K+].[O-][I+2]([O-])[O-]. The van der Waals surface area contributed by atoms with E-state index >= 15 is 0 Å². The summed E-state index contributed by atoms with van der Waals surface area (Å²) in [7, 11) is 0. The van der Waals surface area contributed by atoms with Gasteiger partial charge in [-0.15, -0.1) is 0 Å². The van der Waals surface area contributed by atoms with Crippen molar-refractivity contribution in [1.82, 2.24) is 0 Å². The van der Waals surface area contributed by atoms with Gasteiger partial charge in [-0.3, -0.25) is 0 Å². The molecule has 0 bridgehead atoms. The second kappa shape index (κ2) is 23.2. The molecule has 0 amide bonds. The Labute approximate surface area is 202 Å². The molecule has 34 valence electrons. The maximum Gasteiger partial charge on any atom is 1.00 e. The van der Waals surface area contributed by atoms with Crippen LogP contribution in [0.4, 0.5) is 0 Å². The van der Waals surface area contributed by atoms with Gasteiger partial charge in [0.2, 0.25) is 0 Å². The predicted octanol–water partition coefficient (Wildman–Crippen LogP) is -18.5. The minimum Gasteiger partial charge on any atom is -1.00 e. The molecule has 0 aliphatic heterocycles. The normalized spacial score (nSPS) is 4.50. The van der Waals surface area contributed by atoms with Crippen molar-refractivity contribution in [2.24, 2.45) is 0 Å². The van der Waals surface area contributed by atoms with Crippen LogP contribution in [-0.4, -0.2) is 0 Å². The summed E-state index contributed by atoms with van der Waals surface area (Å²) in [4.78, 5) is 0. The fourth-order valence-electron chi connectivity index (χ4n) is 0. The van der Waals surface area contributed by atoms with Gasteiger partial charge >= 0.3 is 154 Å². The van der Waals surface area contributed by atoms with Gasteiger partial charge in [-0.2, -0.15) is 0 Å². The summed E-state index contributed by atoms with van der Waals surface area (Å²) in [6.45, 7) is 0. The first kappa shape index (κ1) is 29.2. The van der Waals surface area contributed by atoms with E-state index in [-0.39, 0.29) is 178 Å². The zero-order chi connectivity index (χ0) is 3.58. The third-order valence-electron chi connectivity index (χ3n) is 0. The predicted molar refractivity (Wildman–Crippen MR) is 0 cm³/mol. The quantitative estimate of drug-likeness (QED) is 0.290. The first-order chi connectivity index (χ1) is 1.73. The van der Waals surface area contributed by atoms with Gasteiger partial charge in [0.1, 0.15) is 0 Å². The van der Waals surface area contributed by atoms with Crippen molar-refractivity contribution >= 4 is 0 Å². The first-order valence-electron chi connectivity index (χ1n) is 0.463. The fourth-order valence-corrected chi connectivity index (χ4v) is 0. The van der Waals surface area contributed by atoms with Crippen LogP contribution in [0.5, 0.6) is 0 Å². The van der Waals surface area contributed by atoms with E-state index in [4.69, 9.17) is 10.3 Å². The molecule has 0 aromatic carbocycles. The molecule has 0 heterocycles. The van der Waals surface area contributed by atoms with Gasteiger partial charge in [-0.1, -0.05) is 0 Å². The van der Waals surface area contributed by atoms with Crippen molar-refractivity contribution in [3.63, 3.8) is 0 Å². The Balaban J connectivity index is -0.00000000750. The standard InChI is InChI=1S/IO3.HI.3K/c2-1(3)4;;;;/h;1H;;;/q-1;;3*+1/p-1. The fraction of sp³-hybridized carbons (Fsp3) is 0. The van der Waals surface area contributed by atoms with Gasteiger partial charge in [0.05, 0.1) is 0 Å². The summed E-state index contributed by atoms with van der Waals surface area (Å²) in [5, 5.41) is 0. The monoisotopic (exact) mass is 419 g/mol. The Kier molecular flexibility index (Phi) is 84.9. The maximum atomic E-state index is 8.57. The van der Waals surface area contributed by atoms with Gasteiger partial charge in [0.25, 0.3) is 21.1 Å². The molecule has 0 rings (SSSR count). The zero-order valence-electron chi connectivity index (χ0n) is 4.98. The van der Waals surface area contributed by atoms with Gasteiger partial charge < -0.3 is 34.3 Å². The molecule has 0 spiro atoms. The summed E-state index contributed by atoms with van der Waals surface area (Å²) < 4.78 is 25.7. The molecule has 0 aromatic rings. The average molecular weight is 419 g/mol. The van der Waals surface area contributed by atoms with Crippen LogP contribution in [0.1, 0.15) is 0 Å². The van der Waals surface area contributed by atoms with Crippen LogP contribution in [0.3, 0.4) is 0 Å². The third kappa shape index (κ3) is 39.7. The van der Waals surface area contributed by atoms with Crippen molar-refractivity contribution in [2.75, 3.05) is 0 Å². The first-order valence-corrected chi connectivity index (χ1v) is 3.11. The molecule has 3 nitrogen and oxygen atoms in total. The molecule has 0 unspecified atom stereocenters. The van der Waals surface area contributed by atoms with Crippen molar-refractivity contribution in [1.29, 1.82) is 0 Å². The third-order valence-corrected chi connectivity index (χ3v) is 0. The second-order valence-electron chi connectivity index (χ2n) is 0.189. The maximum absolute atomic E-state index is 8.57. The Morgan fingerprint density at radius 1 is 0.750 bits per heavy atom. The van der Waals surface area contributed by atoms with Crippen molar-refractivity contribution < 1.29 is 210 Å². The van der Waals surface area contributed by atoms with Gasteiger partial charge in [0, 0.05) is 0 Å². The van der Waals surface area contributed by atoms with E-state index in [9.17, 15) is 0 Å². The number of halogens is 2. The van der Waals surface area contributed by atoms with Crippen molar-refractivity contribution in [3.05, 3.63) is 0 Å². The Bertz CT molecular complexity index is 17.2. The molecule has 0 aromatic heterocycles. The molecular formula is I2K3O3+. The molecule has 0 N–H and O–H groups in total. The van der Waals surface area contributed by atoms with E-state index in [1.54, 1.807) is 0 Å². The summed E-state index contributed by atoms with van der Waals surface area (Å²) in [6.07, 6.45) is 0. The molecule has 0 atom stereocenters. The Morgan fingerprint density at radius 3 is 0.750 bits per heavy atom. The molecule has 8 heavy (non-hydrogen) atoms. The largest absolute Gasteiger partial charge is 1.00 e. The van der Waals surface area contributed by atoms with E-state index in [2.05, 4.69) is 0 Å². The zero-order valence-corrected chi connectivity index (χ0v) is 18.7. The van der Waals surface area contributed by atoms with Gasteiger partial charge in [-0.25, -0.2) is 0 Å². The minimum absolute atomic E-state index is 0. The smallest absolute Gasteiger partial charge is 1.00 e. The van der Waals surface area contributed by atoms with Gasteiger partial charge in [0.15, 0.2) is 0 Å². The molecule has 0 saturated carbocycles. The molecule has 8 heteroatoms. The van der Waals surface area contributed by atoms with Crippen LogP contribution in [0.2, 0.25) is 0 Å². The minimum atomic E-state index is -4.01. The van der Waals surface area contributed by atoms with E-state index < -0.39 is 21.1 Å². The van der Waals surface area contributed by atoms with Crippen LogP contribution in [0, 0.1) is 0 Å². The summed E-state index contributed by atoms with van der Waals surface area (Å²) in [6, 6.07) is 0. The number of hydrogen-bond donors (Lipinski definition) is 0. The van der Waals surface area contributed by atoms with Crippen LogP contribution in [-0.2, 0) is 0 Å². The van der Waals surface area contributed by atoms with Crippen LogP contribution in [0.25, 0.3) is 0 Å². The Hall–Kier alpha value is 6.25. The topological polar surface area (TPSA) is 69.2 Å².